The molecule has 0 fully saturated rings. The largest absolute Gasteiger partial charge is 0.505 e. The highest BCUT2D eigenvalue weighted by Gasteiger charge is 2.24. The Morgan fingerprint density at radius 3 is 1.57 bits per heavy atom. The van der Waals surface area contributed by atoms with Gasteiger partial charge in [0.1, 0.15) is 38.4 Å². The van der Waals surface area contributed by atoms with Gasteiger partial charge in [0.05, 0.1) is 41.1 Å². The number of nitrogens with one attached hydrogen (secondary N) is 1. The van der Waals surface area contributed by atoms with Gasteiger partial charge < -0.3 is 19.9 Å². The van der Waals surface area contributed by atoms with Crippen molar-refractivity contribution in [2.75, 3.05) is 19.5 Å². The van der Waals surface area contributed by atoms with Crippen LogP contribution in [0.2, 0.25) is 0 Å². The maximum Gasteiger partial charge on any atom is 0.296 e. The monoisotopic (exact) mass is 1030 g/mol. The van der Waals surface area contributed by atoms with Crippen LogP contribution in [-0.2, 0) is 40.5 Å². The van der Waals surface area contributed by atoms with Gasteiger partial charge in [0.2, 0.25) is 0 Å². The molecule has 0 amide bonds. The first-order valence-corrected chi connectivity index (χ1v) is 25.5. The molecule has 0 bridgehead atoms. The SMILES string of the molecule is COc1ccc(N=Nc2ccc(N=Nc3cc(OC)c(N=Nc4c(S(=O)(=O)O)cc5cc(Nc6ccccc6)ccc5c4O)c4ccc(S(=O)(=O)O)cc34)c3cc(S(=O)(=O)O)ccc23)c(S(=O)(=O)O)c1. The number of anilines is 2. The van der Waals surface area contributed by atoms with Crippen LogP contribution < -0.4 is 14.8 Å². The number of methoxy groups -OCH3 is 2. The summed E-state index contributed by atoms with van der Waals surface area (Å²) in [5.74, 6) is -0.722. The molecular weight excluding hydrogens is 995 g/mol. The van der Waals surface area contributed by atoms with E-state index in [0.29, 0.717) is 11.4 Å². The van der Waals surface area contributed by atoms with Crippen LogP contribution in [0.1, 0.15) is 0 Å². The van der Waals surface area contributed by atoms with Gasteiger partial charge in [-0.3, -0.25) is 18.2 Å². The Morgan fingerprint density at radius 2 is 0.971 bits per heavy atom. The van der Waals surface area contributed by atoms with Crippen molar-refractivity contribution in [1.29, 1.82) is 0 Å². The second-order valence-electron chi connectivity index (χ2n) is 14.8. The highest BCUT2D eigenvalue weighted by Crippen LogP contribution is 2.47. The lowest BCUT2D eigenvalue weighted by Gasteiger charge is -2.13. The molecule has 26 heteroatoms. The number of para-hydroxylation sites is 1. The van der Waals surface area contributed by atoms with E-state index >= 15 is 0 Å². The molecule has 8 aromatic carbocycles. The Bertz CT molecular complexity index is 4030. The average Bonchev–Trinajstić information content (AvgIpc) is 3.31. The Morgan fingerprint density at radius 1 is 0.429 bits per heavy atom. The number of nitrogens with zero attached hydrogens (tertiary/aromatic N) is 6. The van der Waals surface area contributed by atoms with Gasteiger partial charge in [-0.15, -0.1) is 30.7 Å². The minimum Gasteiger partial charge on any atom is -0.505 e. The van der Waals surface area contributed by atoms with Crippen molar-refractivity contribution in [3.63, 3.8) is 0 Å². The van der Waals surface area contributed by atoms with Crippen LogP contribution in [-0.4, -0.2) is 71.2 Å². The summed E-state index contributed by atoms with van der Waals surface area (Å²) in [4.78, 5) is -2.64. The predicted octanol–water partition coefficient (Wildman–Crippen LogP) is 10.8. The van der Waals surface area contributed by atoms with Crippen molar-refractivity contribution >= 4 is 118 Å². The smallest absolute Gasteiger partial charge is 0.296 e. The molecule has 8 rings (SSSR count). The lowest BCUT2D eigenvalue weighted by atomic mass is 10.1. The maximum atomic E-state index is 12.8. The molecule has 0 heterocycles. The van der Waals surface area contributed by atoms with Crippen molar-refractivity contribution in [3.05, 3.63) is 127 Å². The molecule has 8 aromatic rings. The highest BCUT2D eigenvalue weighted by molar-refractivity contribution is 7.86. The normalized spacial score (nSPS) is 12.8. The minimum absolute atomic E-state index is 0.00566. The molecule has 0 atom stereocenters. The van der Waals surface area contributed by atoms with Crippen LogP contribution in [0.4, 0.5) is 45.5 Å². The van der Waals surface area contributed by atoms with E-state index in [0.717, 1.165) is 36.4 Å². The van der Waals surface area contributed by atoms with Crippen molar-refractivity contribution in [1.82, 2.24) is 0 Å². The highest BCUT2D eigenvalue weighted by atomic mass is 32.2. The Labute approximate surface area is 397 Å². The first kappa shape index (κ1) is 48.6. The molecule has 0 saturated carbocycles. The fourth-order valence-corrected chi connectivity index (χ4v) is 9.42. The van der Waals surface area contributed by atoms with Gasteiger partial charge in [0.15, 0.2) is 5.75 Å². The summed E-state index contributed by atoms with van der Waals surface area (Å²) in [6.07, 6.45) is 0. The van der Waals surface area contributed by atoms with Gasteiger partial charge in [0.25, 0.3) is 40.5 Å². The summed E-state index contributed by atoms with van der Waals surface area (Å²) in [6.45, 7) is 0. The van der Waals surface area contributed by atoms with Gasteiger partial charge in [-0.2, -0.15) is 33.7 Å². The molecule has 0 radical (unpaired) electrons. The van der Waals surface area contributed by atoms with E-state index < -0.39 is 71.5 Å². The van der Waals surface area contributed by atoms with E-state index in [4.69, 9.17) is 9.47 Å². The minimum atomic E-state index is -5.08. The number of fused-ring (bicyclic) bond motifs is 3. The zero-order valence-electron chi connectivity index (χ0n) is 35.8. The number of phenolic OH excluding ortho intramolecular Hbond substituents is 1. The molecule has 358 valence electrons. The maximum absolute atomic E-state index is 12.8. The molecule has 22 nitrogen and oxygen atoms in total. The van der Waals surface area contributed by atoms with Crippen LogP contribution in [0.3, 0.4) is 0 Å². The number of azo groups is 3. The zero-order valence-corrected chi connectivity index (χ0v) is 39.0. The van der Waals surface area contributed by atoms with Gasteiger partial charge in [-0.05, 0) is 90.3 Å². The summed E-state index contributed by atoms with van der Waals surface area (Å²) >= 11 is 0. The lowest BCUT2D eigenvalue weighted by molar-refractivity contribution is 0.412. The third kappa shape index (κ3) is 10.1. The van der Waals surface area contributed by atoms with Crippen molar-refractivity contribution < 1.29 is 66.5 Å². The van der Waals surface area contributed by atoms with Crippen LogP contribution in [0.25, 0.3) is 32.3 Å². The Kier molecular flexibility index (Phi) is 12.9. The van der Waals surface area contributed by atoms with E-state index in [-0.39, 0.29) is 72.3 Å². The molecular formula is C44H33N7O15S4. The molecule has 0 aliphatic carbocycles. The van der Waals surface area contributed by atoms with Crippen molar-refractivity contribution in [3.8, 4) is 17.2 Å². The fourth-order valence-electron chi connectivity index (χ4n) is 7.11. The standard InChI is InChI=1S/C44H33N7O15S4/c1-65-27-9-15-37(40(20-27)69(59,60)61)48-46-35-16-17-36(33-21-28(67(53,54)55)10-13-31(33)35)47-49-38-23-39(66-2)42(32-14-11-29(22-34(32)38)68(56,57)58)50-51-43-41(70(62,63)64)19-24-18-26(8-12-30(24)44(43)52)45-25-6-4-3-5-7-25/h3-23,45,52H,1-2H3,(H,53,54,55)(H,56,57,58)(H,59,60,61)(H,62,63,64). The summed E-state index contributed by atoms with van der Waals surface area (Å²) in [6, 6.07) is 28.8. The van der Waals surface area contributed by atoms with E-state index in [1.165, 1.54) is 62.8 Å². The molecule has 0 spiro atoms. The second kappa shape index (κ2) is 18.6. The number of benzene rings is 8. The second-order valence-corrected chi connectivity index (χ2v) is 20.4. The molecule has 6 N–H and O–H groups in total. The number of hydrogen-bond donors (Lipinski definition) is 6. The number of phenols is 1. The summed E-state index contributed by atoms with van der Waals surface area (Å²) in [7, 11) is -17.1. The number of rotatable bonds is 14. The predicted molar refractivity (Wildman–Crippen MR) is 255 cm³/mol. The summed E-state index contributed by atoms with van der Waals surface area (Å²) in [5, 5.41) is 40.0. The molecule has 0 aliphatic rings. The summed E-state index contributed by atoms with van der Waals surface area (Å²) in [5.41, 5.74) is -0.114. The first-order chi connectivity index (χ1) is 33.0. The average molecular weight is 1030 g/mol. The van der Waals surface area contributed by atoms with Crippen LogP contribution in [0.5, 0.6) is 17.2 Å². The third-order valence-electron chi connectivity index (χ3n) is 10.4. The van der Waals surface area contributed by atoms with Crippen molar-refractivity contribution in [2.45, 2.75) is 19.6 Å². The number of hydrogen-bond acceptors (Lipinski definition) is 18. The molecule has 0 unspecified atom stereocenters. The first-order valence-electron chi connectivity index (χ1n) is 19.7. The Balaban J connectivity index is 1.26. The van der Waals surface area contributed by atoms with Gasteiger partial charge >= 0.3 is 0 Å². The van der Waals surface area contributed by atoms with E-state index in [1.807, 2.05) is 6.07 Å². The van der Waals surface area contributed by atoms with E-state index in [9.17, 15) is 57.0 Å². The van der Waals surface area contributed by atoms with Crippen LogP contribution in [0.15, 0.2) is 178 Å². The zero-order chi connectivity index (χ0) is 50.3. The molecule has 0 aliphatic heterocycles. The topological polar surface area (TPSA) is 342 Å². The molecule has 70 heavy (non-hydrogen) atoms. The quantitative estimate of drug-likeness (QED) is 0.0435. The molecule has 0 saturated heterocycles. The van der Waals surface area contributed by atoms with Crippen LogP contribution >= 0.6 is 0 Å². The van der Waals surface area contributed by atoms with E-state index in [2.05, 4.69) is 36.0 Å². The lowest BCUT2D eigenvalue weighted by Crippen LogP contribution is -1.99. The van der Waals surface area contributed by atoms with Gasteiger partial charge in [-0.1, -0.05) is 30.3 Å². The number of ether oxygens (including phenoxy) is 2. The third-order valence-corrected chi connectivity index (χ3v) is 13.8. The van der Waals surface area contributed by atoms with E-state index in [1.54, 1.807) is 36.4 Å². The molecule has 0 aromatic heterocycles. The van der Waals surface area contributed by atoms with Gasteiger partial charge in [0, 0.05) is 50.4 Å². The van der Waals surface area contributed by atoms with Gasteiger partial charge in [-0.25, -0.2) is 0 Å². The fraction of sp³-hybridized carbons (Fsp3) is 0.0455. The number of aromatic hydroxyl groups is 1. The van der Waals surface area contributed by atoms with Crippen molar-refractivity contribution in [2.24, 2.45) is 30.7 Å². The summed E-state index contributed by atoms with van der Waals surface area (Å²) < 4.78 is 150. The van der Waals surface area contributed by atoms with Crippen LogP contribution in [0, 0.1) is 0 Å². The Hall–Kier alpha value is -7.82.